The molecule has 178 valence electrons. The molecular weight excluding hydrogens is 435 g/mol. The number of benzene rings is 3. The van der Waals surface area contributed by atoms with Crippen molar-refractivity contribution in [2.45, 2.75) is 46.2 Å². The number of hydrogen-bond donors (Lipinski definition) is 1. The van der Waals surface area contributed by atoms with E-state index in [0.29, 0.717) is 12.1 Å². The van der Waals surface area contributed by atoms with E-state index in [1.54, 1.807) is 12.1 Å². The summed E-state index contributed by atoms with van der Waals surface area (Å²) in [6, 6.07) is 21.5. The molecule has 3 nitrogen and oxygen atoms in total. The van der Waals surface area contributed by atoms with E-state index in [4.69, 9.17) is 0 Å². The van der Waals surface area contributed by atoms with Crippen LogP contribution in [-0.4, -0.2) is 10.5 Å². The molecule has 1 aliphatic carbocycles. The van der Waals surface area contributed by atoms with Crippen molar-refractivity contribution in [1.82, 2.24) is 9.88 Å². The zero-order valence-corrected chi connectivity index (χ0v) is 20.6. The number of carbonyl (C=O) groups is 1. The second-order valence-corrected chi connectivity index (χ2v) is 9.82. The molecule has 1 unspecified atom stereocenters. The molecule has 0 spiro atoms. The summed E-state index contributed by atoms with van der Waals surface area (Å²) < 4.78 is 15.9. The third-order valence-electron chi connectivity index (χ3n) is 7.36. The van der Waals surface area contributed by atoms with E-state index in [0.717, 1.165) is 18.5 Å². The van der Waals surface area contributed by atoms with Gasteiger partial charge in [-0.05, 0) is 79.5 Å². The van der Waals surface area contributed by atoms with Crippen LogP contribution >= 0.6 is 0 Å². The highest BCUT2D eigenvalue weighted by atomic mass is 19.1. The number of carbonyl (C=O) groups excluding carboxylic acids is 1. The number of amides is 1. The van der Waals surface area contributed by atoms with Gasteiger partial charge in [-0.2, -0.15) is 0 Å². The summed E-state index contributed by atoms with van der Waals surface area (Å²) in [6.07, 6.45) is 0.921. The predicted molar refractivity (Wildman–Crippen MR) is 140 cm³/mol. The average molecular weight is 467 g/mol. The van der Waals surface area contributed by atoms with Crippen molar-refractivity contribution in [2.75, 3.05) is 0 Å². The van der Waals surface area contributed by atoms with E-state index < -0.39 is 0 Å². The molecule has 0 bridgehead atoms. The quantitative estimate of drug-likeness (QED) is 0.301. The Hall–Kier alpha value is -3.66. The normalized spacial score (nSPS) is 16.9. The van der Waals surface area contributed by atoms with Gasteiger partial charge in [-0.15, -0.1) is 0 Å². The van der Waals surface area contributed by atoms with Crippen LogP contribution in [0.15, 0.2) is 78.9 Å². The number of fused-ring (bicyclic) bond motifs is 1. The van der Waals surface area contributed by atoms with E-state index >= 15 is 0 Å². The molecule has 1 saturated carbocycles. The Labute approximate surface area is 206 Å². The largest absolute Gasteiger partial charge is 0.348 e. The molecule has 3 aromatic carbocycles. The number of aryl methyl sites for hydroxylation is 2. The fourth-order valence-electron chi connectivity index (χ4n) is 5.28. The van der Waals surface area contributed by atoms with Gasteiger partial charge in [-0.1, -0.05) is 60.7 Å². The minimum Gasteiger partial charge on any atom is -0.348 e. The fourth-order valence-corrected chi connectivity index (χ4v) is 5.28. The van der Waals surface area contributed by atoms with Gasteiger partial charge in [0.2, 0.25) is 5.91 Å². The molecule has 0 radical (unpaired) electrons. The Morgan fingerprint density at radius 2 is 1.86 bits per heavy atom. The zero-order chi connectivity index (χ0) is 24.7. The van der Waals surface area contributed by atoms with Crippen molar-refractivity contribution in [3.05, 3.63) is 118 Å². The molecule has 1 fully saturated rings. The summed E-state index contributed by atoms with van der Waals surface area (Å²) in [5, 5.41) is 4.17. The van der Waals surface area contributed by atoms with Gasteiger partial charge in [0.15, 0.2) is 0 Å². The number of para-hydroxylation sites is 1. The van der Waals surface area contributed by atoms with E-state index in [-0.39, 0.29) is 23.6 Å². The van der Waals surface area contributed by atoms with Crippen LogP contribution in [0.5, 0.6) is 0 Å². The maximum atomic E-state index is 13.4. The number of nitrogens with zero attached hydrogens (tertiary/aromatic N) is 1. The topological polar surface area (TPSA) is 34.0 Å². The van der Waals surface area contributed by atoms with E-state index in [2.05, 4.69) is 79.7 Å². The standard InChI is InChI=1S/C31H31FN2O/c1-19-12-13-20(2)24(14-19)18-34-22(4)30(26-10-5-6-11-29(26)34)28-16-27(28)21(3)31(35)33-17-23-8-7-9-25(32)15-23/h5-15,27-28H,3,16-18H2,1-2,4H3,(H,33,35)/t27?,28-/m0/s1. The maximum Gasteiger partial charge on any atom is 0.247 e. The second-order valence-electron chi connectivity index (χ2n) is 9.82. The molecular formula is C31H31FN2O. The summed E-state index contributed by atoms with van der Waals surface area (Å²) in [5.41, 5.74) is 9.05. The summed E-state index contributed by atoms with van der Waals surface area (Å²) in [5.74, 6) is -0.0440. The first-order valence-electron chi connectivity index (χ1n) is 12.2. The lowest BCUT2D eigenvalue weighted by atomic mass is 10.0. The average Bonchev–Trinajstić information content (AvgIpc) is 3.58. The number of nitrogens with one attached hydrogen (secondary N) is 1. The van der Waals surface area contributed by atoms with Crippen LogP contribution in [0.4, 0.5) is 4.39 Å². The summed E-state index contributed by atoms with van der Waals surface area (Å²) in [6.45, 7) is 11.8. The van der Waals surface area contributed by atoms with E-state index in [9.17, 15) is 9.18 Å². The molecule has 1 aromatic heterocycles. The van der Waals surface area contributed by atoms with Crippen molar-refractivity contribution < 1.29 is 9.18 Å². The highest BCUT2D eigenvalue weighted by Gasteiger charge is 2.44. The molecule has 1 N–H and O–H groups in total. The third kappa shape index (κ3) is 4.53. The van der Waals surface area contributed by atoms with Crippen molar-refractivity contribution in [3.63, 3.8) is 0 Å². The van der Waals surface area contributed by atoms with Crippen molar-refractivity contribution >= 4 is 16.8 Å². The van der Waals surface area contributed by atoms with E-state index in [1.165, 1.54) is 51.0 Å². The van der Waals surface area contributed by atoms with Gasteiger partial charge in [-0.25, -0.2) is 4.39 Å². The van der Waals surface area contributed by atoms with Crippen LogP contribution in [0, 0.1) is 32.5 Å². The second kappa shape index (κ2) is 9.18. The Bertz CT molecular complexity index is 1450. The van der Waals surface area contributed by atoms with Gasteiger partial charge in [0.05, 0.1) is 0 Å². The molecule has 4 heteroatoms. The summed E-state index contributed by atoms with van der Waals surface area (Å²) in [7, 11) is 0. The van der Waals surface area contributed by atoms with Crippen LogP contribution in [0.25, 0.3) is 10.9 Å². The molecule has 1 heterocycles. The molecule has 2 atom stereocenters. The van der Waals surface area contributed by atoms with Crippen LogP contribution < -0.4 is 5.32 Å². The lowest BCUT2D eigenvalue weighted by Crippen LogP contribution is -2.25. The van der Waals surface area contributed by atoms with Crippen molar-refractivity contribution in [1.29, 1.82) is 0 Å². The third-order valence-corrected chi connectivity index (χ3v) is 7.36. The highest BCUT2D eigenvalue weighted by molar-refractivity contribution is 5.95. The summed E-state index contributed by atoms with van der Waals surface area (Å²) >= 11 is 0. The van der Waals surface area contributed by atoms with Gasteiger partial charge in [-0.3, -0.25) is 4.79 Å². The smallest absolute Gasteiger partial charge is 0.247 e. The molecule has 1 aliphatic rings. The van der Waals surface area contributed by atoms with Gasteiger partial charge in [0, 0.05) is 35.3 Å². The Morgan fingerprint density at radius 3 is 2.66 bits per heavy atom. The van der Waals surface area contributed by atoms with Gasteiger partial charge >= 0.3 is 0 Å². The summed E-state index contributed by atoms with van der Waals surface area (Å²) in [4.78, 5) is 12.8. The van der Waals surface area contributed by atoms with Crippen LogP contribution in [-0.2, 0) is 17.9 Å². The molecule has 5 rings (SSSR count). The Morgan fingerprint density at radius 1 is 1.06 bits per heavy atom. The lowest BCUT2D eigenvalue weighted by Gasteiger charge is -2.12. The Balaban J connectivity index is 1.37. The molecule has 0 saturated heterocycles. The Kier molecular flexibility index (Phi) is 6.06. The van der Waals surface area contributed by atoms with Gasteiger partial charge in [0.1, 0.15) is 5.82 Å². The van der Waals surface area contributed by atoms with Crippen LogP contribution in [0.3, 0.4) is 0 Å². The highest BCUT2D eigenvalue weighted by Crippen LogP contribution is 2.54. The molecule has 4 aromatic rings. The number of hydrogen-bond acceptors (Lipinski definition) is 1. The van der Waals surface area contributed by atoms with E-state index in [1.807, 2.05) is 0 Å². The minimum absolute atomic E-state index is 0.126. The zero-order valence-electron chi connectivity index (χ0n) is 20.6. The molecule has 1 amide bonds. The number of rotatable bonds is 7. The number of aromatic nitrogens is 1. The fraction of sp³-hybridized carbons (Fsp3) is 0.258. The monoisotopic (exact) mass is 466 g/mol. The van der Waals surface area contributed by atoms with Gasteiger partial charge in [0.25, 0.3) is 0 Å². The van der Waals surface area contributed by atoms with Crippen LogP contribution in [0.2, 0.25) is 0 Å². The van der Waals surface area contributed by atoms with Crippen LogP contribution in [0.1, 0.15) is 45.8 Å². The maximum absolute atomic E-state index is 13.4. The molecule has 35 heavy (non-hydrogen) atoms. The minimum atomic E-state index is -0.300. The number of halogens is 1. The molecule has 0 aliphatic heterocycles. The van der Waals surface area contributed by atoms with Gasteiger partial charge < -0.3 is 9.88 Å². The first-order chi connectivity index (χ1) is 16.8. The van der Waals surface area contributed by atoms with Crippen molar-refractivity contribution in [3.8, 4) is 0 Å². The first kappa shape index (κ1) is 23.1. The predicted octanol–water partition coefficient (Wildman–Crippen LogP) is 6.73. The first-order valence-corrected chi connectivity index (χ1v) is 12.2. The SMILES string of the molecule is C=C(C(=O)NCc1cccc(F)c1)C1C[C@@H]1c1c(C)n(Cc2cc(C)ccc2C)c2ccccc12. The lowest BCUT2D eigenvalue weighted by molar-refractivity contribution is -0.117. The van der Waals surface area contributed by atoms with Crippen molar-refractivity contribution in [2.24, 2.45) is 5.92 Å².